The van der Waals surface area contributed by atoms with Crippen LogP contribution in [0.3, 0.4) is 0 Å². The van der Waals surface area contributed by atoms with Crippen LogP contribution in [-0.2, 0) is 19.1 Å². The van der Waals surface area contributed by atoms with Crippen molar-refractivity contribution in [1.29, 1.82) is 0 Å². The SMILES string of the molecule is COC(=O)C1(NC(=O)c2cc3ccccc3cc2N)CCCCCC1.COC(=O)C1(NC(=O)c2cc3ccccc3cc2NC(=O)Nc2c(C)cc(Br)cc2C)CCCCCC1. The standard InChI is InChI=1S/C29H32BrN3O4.C20H24N2O3/c1-18-14-22(30)15-19(2)25(18)32-28(36)31-24-17-21-11-7-6-10-20(21)16-23(24)26(34)33-29(27(35)37-3)12-8-4-5-9-13-29;1-25-19(24)20(10-6-2-3-7-11-20)22-18(23)16-12-14-8-4-5-9-15(14)13-17(16)21/h6-7,10-11,14-17H,4-5,8-9,12-13H2,1-3H3,(H,33,34)(H2,31,32,36);4-5,8-9,12-13H,2-3,6-7,10-11,21H2,1H3,(H,22,23). The largest absolute Gasteiger partial charge is 0.467 e. The first-order valence-corrected chi connectivity index (χ1v) is 22.0. The van der Waals surface area contributed by atoms with Gasteiger partial charge in [0, 0.05) is 15.8 Å². The molecule has 0 heterocycles. The molecule has 5 aromatic rings. The fraction of sp³-hybridized carbons (Fsp3) is 0.367. The molecule has 6 N–H and O–H groups in total. The quantitative estimate of drug-likeness (QED) is 0.0580. The van der Waals surface area contributed by atoms with E-state index in [9.17, 15) is 24.0 Å². The maximum atomic E-state index is 13.7. The van der Waals surface area contributed by atoms with Crippen molar-refractivity contribution >= 4 is 84.3 Å². The Hall–Kier alpha value is -5.95. The molecule has 0 bridgehead atoms. The lowest BCUT2D eigenvalue weighted by Crippen LogP contribution is -2.54. The lowest BCUT2D eigenvalue weighted by atomic mass is 9.89. The van der Waals surface area contributed by atoms with E-state index in [4.69, 9.17) is 15.2 Å². The molecule has 7 rings (SSSR count). The van der Waals surface area contributed by atoms with Crippen molar-refractivity contribution in [2.45, 2.75) is 102 Å². The zero-order valence-corrected chi connectivity index (χ0v) is 37.5. The second-order valence-electron chi connectivity index (χ2n) is 16.4. The molecule has 326 valence electrons. The van der Waals surface area contributed by atoms with Gasteiger partial charge in [0.2, 0.25) is 0 Å². The average Bonchev–Trinajstić information content (AvgIpc) is 3.66. The molecule has 0 spiro atoms. The number of esters is 2. The summed E-state index contributed by atoms with van der Waals surface area (Å²) in [5, 5.41) is 15.4. The summed E-state index contributed by atoms with van der Waals surface area (Å²) in [4.78, 5) is 65.0. The van der Waals surface area contributed by atoms with E-state index in [0.717, 1.165) is 88.5 Å². The van der Waals surface area contributed by atoms with Gasteiger partial charge in [0.05, 0.1) is 31.0 Å². The summed E-state index contributed by atoms with van der Waals surface area (Å²) < 4.78 is 11.0. The van der Waals surface area contributed by atoms with Crippen LogP contribution in [0.2, 0.25) is 0 Å². The lowest BCUT2D eigenvalue weighted by Gasteiger charge is -2.31. The van der Waals surface area contributed by atoms with Gasteiger partial charge < -0.3 is 36.5 Å². The number of halogens is 1. The Bertz CT molecular complexity index is 2450. The Morgan fingerprint density at radius 1 is 0.565 bits per heavy atom. The summed E-state index contributed by atoms with van der Waals surface area (Å²) in [5.41, 5.74) is 8.02. The number of carbonyl (C=O) groups is 5. The second kappa shape index (κ2) is 20.3. The number of rotatable bonds is 8. The molecule has 2 aliphatic carbocycles. The van der Waals surface area contributed by atoms with Gasteiger partial charge in [-0.15, -0.1) is 0 Å². The molecule has 0 radical (unpaired) electrons. The summed E-state index contributed by atoms with van der Waals surface area (Å²) in [7, 11) is 2.71. The average molecular weight is 907 g/mol. The van der Waals surface area contributed by atoms with E-state index < -0.39 is 29.0 Å². The molecule has 2 saturated carbocycles. The number of urea groups is 1. The summed E-state index contributed by atoms with van der Waals surface area (Å²) >= 11 is 3.48. The fourth-order valence-electron chi connectivity index (χ4n) is 8.75. The number of carbonyl (C=O) groups excluding carboxylic acids is 5. The third kappa shape index (κ3) is 10.6. The number of amides is 4. The van der Waals surface area contributed by atoms with Gasteiger partial charge in [-0.05, 0) is 109 Å². The maximum absolute atomic E-state index is 13.7. The number of fused-ring (bicyclic) bond motifs is 2. The van der Waals surface area contributed by atoms with E-state index in [1.54, 1.807) is 24.3 Å². The molecular weight excluding hydrogens is 850 g/mol. The molecule has 4 amide bonds. The highest BCUT2D eigenvalue weighted by atomic mass is 79.9. The number of ether oxygens (including phenoxy) is 2. The van der Waals surface area contributed by atoms with Crippen molar-refractivity contribution < 1.29 is 33.4 Å². The third-order valence-electron chi connectivity index (χ3n) is 12.0. The summed E-state index contributed by atoms with van der Waals surface area (Å²) in [6, 6.07) is 25.9. The summed E-state index contributed by atoms with van der Waals surface area (Å²) in [6.07, 6.45) is 9.80. The Labute approximate surface area is 371 Å². The van der Waals surface area contributed by atoms with Crippen LogP contribution in [0, 0.1) is 13.8 Å². The number of methoxy groups -OCH3 is 2. The molecule has 0 unspecified atom stereocenters. The maximum Gasteiger partial charge on any atom is 0.331 e. The van der Waals surface area contributed by atoms with Gasteiger partial charge in [-0.25, -0.2) is 14.4 Å². The van der Waals surface area contributed by atoms with Crippen molar-refractivity contribution in [1.82, 2.24) is 10.6 Å². The molecule has 62 heavy (non-hydrogen) atoms. The van der Waals surface area contributed by atoms with E-state index in [-0.39, 0.29) is 17.4 Å². The van der Waals surface area contributed by atoms with Crippen LogP contribution in [-0.4, -0.2) is 55.1 Å². The molecule has 13 heteroatoms. The summed E-state index contributed by atoms with van der Waals surface area (Å²) in [6.45, 7) is 3.84. The smallest absolute Gasteiger partial charge is 0.331 e. The number of nitrogens with two attached hydrogens (primary N) is 1. The molecule has 5 aromatic carbocycles. The van der Waals surface area contributed by atoms with Crippen molar-refractivity contribution in [2.24, 2.45) is 0 Å². The molecule has 12 nitrogen and oxygen atoms in total. The van der Waals surface area contributed by atoms with Crippen molar-refractivity contribution in [3.05, 3.63) is 112 Å². The monoisotopic (exact) mass is 905 g/mol. The topological polar surface area (TPSA) is 178 Å². The second-order valence-corrected chi connectivity index (χ2v) is 17.3. The third-order valence-corrected chi connectivity index (χ3v) is 12.5. The van der Waals surface area contributed by atoms with Crippen LogP contribution >= 0.6 is 15.9 Å². The van der Waals surface area contributed by atoms with Crippen LogP contribution in [0.5, 0.6) is 0 Å². The minimum absolute atomic E-state index is 0.283. The van der Waals surface area contributed by atoms with E-state index in [1.807, 2.05) is 74.5 Å². The Morgan fingerprint density at radius 2 is 0.968 bits per heavy atom. The minimum atomic E-state index is -1.08. The number of nitrogens with one attached hydrogen (secondary N) is 4. The first-order valence-electron chi connectivity index (χ1n) is 21.3. The Kier molecular flexibility index (Phi) is 14.9. The predicted molar refractivity (Wildman–Crippen MR) is 248 cm³/mol. The van der Waals surface area contributed by atoms with Crippen LogP contribution in [0.4, 0.5) is 21.9 Å². The van der Waals surface area contributed by atoms with E-state index in [0.29, 0.717) is 48.3 Å². The van der Waals surface area contributed by atoms with Gasteiger partial charge in [0.1, 0.15) is 11.1 Å². The van der Waals surface area contributed by atoms with Crippen molar-refractivity contribution in [3.8, 4) is 0 Å². The van der Waals surface area contributed by atoms with Crippen LogP contribution in [0.1, 0.15) is 109 Å². The molecule has 0 atom stereocenters. The number of benzene rings is 5. The first-order chi connectivity index (χ1) is 29.8. The van der Waals surface area contributed by atoms with Gasteiger partial charge in [-0.2, -0.15) is 0 Å². The number of anilines is 3. The van der Waals surface area contributed by atoms with Crippen molar-refractivity contribution in [2.75, 3.05) is 30.6 Å². The molecular formula is C49H56BrN5O7. The molecule has 0 aliphatic heterocycles. The van der Waals surface area contributed by atoms with Gasteiger partial charge in [0.25, 0.3) is 11.8 Å². The number of aryl methyl sites for hydroxylation is 2. The Balaban J connectivity index is 0.000000223. The van der Waals surface area contributed by atoms with Gasteiger partial charge >= 0.3 is 18.0 Å². The van der Waals surface area contributed by atoms with Gasteiger partial charge in [-0.1, -0.05) is 116 Å². The van der Waals surface area contributed by atoms with Crippen LogP contribution in [0.15, 0.2) is 89.4 Å². The van der Waals surface area contributed by atoms with Crippen molar-refractivity contribution in [3.63, 3.8) is 0 Å². The molecule has 2 aliphatic rings. The normalized spacial score (nSPS) is 15.7. The molecule has 2 fully saturated rings. The van der Waals surface area contributed by atoms with E-state index in [2.05, 4.69) is 37.2 Å². The number of hydrogen-bond donors (Lipinski definition) is 5. The first kappa shape index (κ1) is 45.6. The predicted octanol–water partition coefficient (Wildman–Crippen LogP) is 10.3. The molecule has 0 saturated heterocycles. The zero-order chi connectivity index (χ0) is 44.4. The van der Waals surface area contributed by atoms with Crippen LogP contribution in [0.25, 0.3) is 21.5 Å². The van der Waals surface area contributed by atoms with Gasteiger partial charge in [0.15, 0.2) is 0 Å². The number of nitrogen functional groups attached to an aromatic ring is 1. The highest BCUT2D eigenvalue weighted by Gasteiger charge is 2.43. The summed E-state index contributed by atoms with van der Waals surface area (Å²) in [5.74, 6) is -1.56. The zero-order valence-electron chi connectivity index (χ0n) is 35.9. The van der Waals surface area contributed by atoms with E-state index in [1.165, 1.54) is 14.2 Å². The molecule has 0 aromatic heterocycles. The fourth-order valence-corrected chi connectivity index (χ4v) is 9.43. The minimum Gasteiger partial charge on any atom is -0.467 e. The number of hydrogen-bond acceptors (Lipinski definition) is 8. The Morgan fingerprint density at radius 3 is 1.42 bits per heavy atom. The highest BCUT2D eigenvalue weighted by molar-refractivity contribution is 9.10. The van der Waals surface area contributed by atoms with Crippen LogP contribution < -0.4 is 27.0 Å². The lowest BCUT2D eigenvalue weighted by molar-refractivity contribution is -0.149. The van der Waals surface area contributed by atoms with Gasteiger partial charge in [-0.3, -0.25) is 9.59 Å². The highest BCUT2D eigenvalue weighted by Crippen LogP contribution is 2.33. The van der Waals surface area contributed by atoms with E-state index >= 15 is 0 Å².